The van der Waals surface area contributed by atoms with Crippen LogP contribution in [0.4, 0.5) is 11.5 Å². The topological polar surface area (TPSA) is 69.4 Å². The average molecular weight is 318 g/mol. The predicted octanol–water partition coefficient (Wildman–Crippen LogP) is 2.55. The maximum Gasteiger partial charge on any atom is 0.162 e. The van der Waals surface area contributed by atoms with Crippen LogP contribution in [0.15, 0.2) is 10.5 Å². The molecule has 0 saturated carbocycles. The summed E-state index contributed by atoms with van der Waals surface area (Å²) in [5.74, 6) is 0.422. The van der Waals surface area contributed by atoms with Crippen molar-refractivity contribution < 1.29 is 9.47 Å². The summed E-state index contributed by atoms with van der Waals surface area (Å²) in [6, 6.07) is 1.84. The van der Waals surface area contributed by atoms with Gasteiger partial charge in [-0.2, -0.15) is 0 Å². The van der Waals surface area contributed by atoms with Gasteiger partial charge in [-0.15, -0.1) is 0 Å². The van der Waals surface area contributed by atoms with Crippen molar-refractivity contribution in [1.29, 1.82) is 0 Å². The number of nitrogens with one attached hydrogen (secondary N) is 1. The summed E-state index contributed by atoms with van der Waals surface area (Å²) in [7, 11) is 1.80. The van der Waals surface area contributed by atoms with Gasteiger partial charge in [0, 0.05) is 11.5 Å². The summed E-state index contributed by atoms with van der Waals surface area (Å²) in [5, 5.41) is 2.91. The van der Waals surface area contributed by atoms with E-state index in [1.54, 1.807) is 7.05 Å². The van der Waals surface area contributed by atoms with Gasteiger partial charge in [-0.3, -0.25) is 0 Å². The fraction of sp³-hybridized carbons (Fsp3) is 0.583. The Balaban J connectivity index is 0.000000199. The Morgan fingerprint density at radius 1 is 1.39 bits per heavy atom. The van der Waals surface area contributed by atoms with E-state index in [-0.39, 0.29) is 5.79 Å². The first-order chi connectivity index (χ1) is 8.35. The molecular formula is C12H20BrN3O2. The lowest BCUT2D eigenvalue weighted by Crippen LogP contribution is -2.18. The monoisotopic (exact) mass is 317 g/mol. The fourth-order valence-electron chi connectivity index (χ4n) is 1.41. The van der Waals surface area contributed by atoms with Crippen molar-refractivity contribution in [2.45, 2.75) is 26.6 Å². The van der Waals surface area contributed by atoms with Crippen LogP contribution >= 0.6 is 15.9 Å². The molecule has 3 N–H and O–H groups in total. The quantitative estimate of drug-likeness (QED) is 0.833. The van der Waals surface area contributed by atoms with Crippen LogP contribution in [0.2, 0.25) is 0 Å². The SMILES string of the molecule is CC1(C)OCCO1.CNc1nc(C)c(Br)cc1N. The summed E-state index contributed by atoms with van der Waals surface area (Å²) in [4.78, 5) is 4.21. The highest BCUT2D eigenvalue weighted by Gasteiger charge is 2.23. The molecule has 6 heteroatoms. The number of nitrogen functional groups attached to an aromatic ring is 1. The molecule has 0 aliphatic carbocycles. The zero-order valence-corrected chi connectivity index (χ0v) is 12.8. The van der Waals surface area contributed by atoms with Crippen molar-refractivity contribution in [2.24, 2.45) is 0 Å². The minimum Gasteiger partial charge on any atom is -0.396 e. The molecule has 0 bridgehead atoms. The number of anilines is 2. The van der Waals surface area contributed by atoms with Gasteiger partial charge in [-0.05, 0) is 42.8 Å². The fourth-order valence-corrected chi connectivity index (χ4v) is 1.75. The van der Waals surface area contributed by atoms with E-state index in [1.807, 2.05) is 26.8 Å². The smallest absolute Gasteiger partial charge is 0.162 e. The number of pyridine rings is 1. The van der Waals surface area contributed by atoms with E-state index in [0.29, 0.717) is 5.69 Å². The Labute approximate surface area is 116 Å². The Bertz CT molecular complexity index is 403. The zero-order chi connectivity index (χ0) is 13.8. The van der Waals surface area contributed by atoms with Gasteiger partial charge in [0.25, 0.3) is 0 Å². The van der Waals surface area contributed by atoms with Crippen LogP contribution in [0.1, 0.15) is 19.5 Å². The lowest BCUT2D eigenvalue weighted by Gasteiger charge is -2.13. The van der Waals surface area contributed by atoms with Crippen molar-refractivity contribution in [1.82, 2.24) is 4.98 Å². The molecule has 2 heterocycles. The van der Waals surface area contributed by atoms with Crippen LogP contribution in [0.3, 0.4) is 0 Å². The summed E-state index contributed by atoms with van der Waals surface area (Å²) in [6.07, 6.45) is 0. The third-order valence-corrected chi connectivity index (χ3v) is 3.20. The standard InChI is InChI=1S/C7H10BrN3.C5H10O2/c1-4-5(8)3-6(9)7(10-2)11-4;1-5(2)6-3-4-7-5/h3H,9H2,1-2H3,(H,10,11);3-4H2,1-2H3. The summed E-state index contributed by atoms with van der Waals surface area (Å²) < 4.78 is 11.2. The molecule has 0 spiro atoms. The van der Waals surface area contributed by atoms with Crippen molar-refractivity contribution in [3.8, 4) is 0 Å². The van der Waals surface area contributed by atoms with E-state index in [4.69, 9.17) is 15.2 Å². The Hall–Kier alpha value is -0.850. The second kappa shape index (κ2) is 6.36. The predicted molar refractivity (Wildman–Crippen MR) is 76.6 cm³/mol. The van der Waals surface area contributed by atoms with Gasteiger partial charge >= 0.3 is 0 Å². The van der Waals surface area contributed by atoms with E-state index in [1.165, 1.54) is 0 Å². The first kappa shape index (κ1) is 15.2. The Morgan fingerprint density at radius 2 is 1.94 bits per heavy atom. The number of nitrogens with zero attached hydrogens (tertiary/aromatic N) is 1. The highest BCUT2D eigenvalue weighted by molar-refractivity contribution is 9.10. The van der Waals surface area contributed by atoms with Crippen LogP contribution in [0.5, 0.6) is 0 Å². The first-order valence-electron chi connectivity index (χ1n) is 5.74. The molecule has 1 fully saturated rings. The largest absolute Gasteiger partial charge is 0.396 e. The van der Waals surface area contributed by atoms with Crippen LogP contribution in [-0.4, -0.2) is 31.0 Å². The normalized spacial score (nSPS) is 16.9. The molecule has 5 nitrogen and oxygen atoms in total. The van der Waals surface area contributed by atoms with E-state index >= 15 is 0 Å². The third-order valence-electron chi connectivity index (χ3n) is 2.40. The summed E-state index contributed by atoms with van der Waals surface area (Å²) in [5.41, 5.74) is 7.24. The molecule has 102 valence electrons. The number of aromatic nitrogens is 1. The number of rotatable bonds is 1. The molecule has 1 aliphatic heterocycles. The van der Waals surface area contributed by atoms with E-state index in [2.05, 4.69) is 26.2 Å². The second-order valence-electron chi connectivity index (χ2n) is 4.34. The van der Waals surface area contributed by atoms with Gasteiger partial charge in [-0.1, -0.05) is 0 Å². The Kier molecular flexibility index (Phi) is 5.37. The van der Waals surface area contributed by atoms with Crippen LogP contribution in [0.25, 0.3) is 0 Å². The maximum absolute atomic E-state index is 5.65. The van der Waals surface area contributed by atoms with Crippen LogP contribution < -0.4 is 11.1 Å². The molecule has 0 amide bonds. The molecule has 1 aromatic heterocycles. The number of halogens is 1. The molecule has 1 saturated heterocycles. The molecule has 2 rings (SSSR count). The highest BCUT2D eigenvalue weighted by Crippen LogP contribution is 2.22. The number of nitrogens with two attached hydrogens (primary N) is 1. The molecule has 1 aromatic rings. The van der Waals surface area contributed by atoms with Crippen molar-refractivity contribution in [3.05, 3.63) is 16.2 Å². The summed E-state index contributed by atoms with van der Waals surface area (Å²) >= 11 is 3.34. The van der Waals surface area contributed by atoms with E-state index in [0.717, 1.165) is 29.2 Å². The Morgan fingerprint density at radius 3 is 2.33 bits per heavy atom. The van der Waals surface area contributed by atoms with Gasteiger partial charge in [0.15, 0.2) is 5.79 Å². The van der Waals surface area contributed by atoms with Gasteiger partial charge in [0.2, 0.25) is 0 Å². The third kappa shape index (κ3) is 4.44. The number of hydrogen-bond donors (Lipinski definition) is 2. The number of hydrogen-bond acceptors (Lipinski definition) is 5. The lowest BCUT2D eigenvalue weighted by atomic mass is 10.3. The molecule has 0 aromatic carbocycles. The van der Waals surface area contributed by atoms with Gasteiger partial charge in [0.05, 0.1) is 24.6 Å². The first-order valence-corrected chi connectivity index (χ1v) is 6.53. The number of ether oxygens (including phenoxy) is 2. The van der Waals surface area contributed by atoms with E-state index in [9.17, 15) is 0 Å². The highest BCUT2D eigenvalue weighted by atomic mass is 79.9. The van der Waals surface area contributed by atoms with Gasteiger partial charge < -0.3 is 20.5 Å². The minimum atomic E-state index is -0.306. The van der Waals surface area contributed by atoms with Gasteiger partial charge in [-0.25, -0.2) is 4.98 Å². The molecule has 1 aliphatic rings. The maximum atomic E-state index is 5.65. The molecule has 18 heavy (non-hydrogen) atoms. The van der Waals surface area contributed by atoms with Crippen LogP contribution in [-0.2, 0) is 9.47 Å². The van der Waals surface area contributed by atoms with Crippen LogP contribution in [0, 0.1) is 6.92 Å². The molecule has 0 atom stereocenters. The van der Waals surface area contributed by atoms with Crippen molar-refractivity contribution >= 4 is 27.4 Å². The minimum absolute atomic E-state index is 0.306. The van der Waals surface area contributed by atoms with E-state index < -0.39 is 0 Å². The zero-order valence-electron chi connectivity index (χ0n) is 11.2. The van der Waals surface area contributed by atoms with Crippen molar-refractivity contribution in [2.75, 3.05) is 31.3 Å². The average Bonchev–Trinajstić information content (AvgIpc) is 2.69. The van der Waals surface area contributed by atoms with Crippen molar-refractivity contribution in [3.63, 3.8) is 0 Å². The van der Waals surface area contributed by atoms with Gasteiger partial charge in [0.1, 0.15) is 5.82 Å². The number of aryl methyl sites for hydroxylation is 1. The molecule has 0 unspecified atom stereocenters. The molecule has 0 radical (unpaired) electrons. The lowest BCUT2D eigenvalue weighted by molar-refractivity contribution is -0.125. The summed E-state index contributed by atoms with van der Waals surface area (Å²) in [6.45, 7) is 7.24. The second-order valence-corrected chi connectivity index (χ2v) is 5.19. The molecular weight excluding hydrogens is 298 g/mol.